The fraction of sp³-hybridized carbons (Fsp3) is 0.100. The molecule has 3 aromatic rings. The molecule has 0 saturated heterocycles. The van der Waals surface area contributed by atoms with E-state index in [1.165, 1.54) is 30.3 Å². The van der Waals surface area contributed by atoms with Crippen LogP contribution < -0.4 is 5.32 Å². The number of phenolic OH excluding ortho intramolecular Hbond substituents is 1. The van der Waals surface area contributed by atoms with Gasteiger partial charge in [0.25, 0.3) is 5.91 Å². The van der Waals surface area contributed by atoms with Crippen LogP contribution >= 0.6 is 0 Å². The average Bonchev–Trinajstić information content (AvgIpc) is 2.59. The number of aromatic nitrogens is 1. The molecule has 1 aromatic heterocycles. The van der Waals surface area contributed by atoms with Crippen molar-refractivity contribution in [2.24, 2.45) is 0 Å². The molecule has 0 fully saturated rings. The van der Waals surface area contributed by atoms with Crippen LogP contribution in [0.1, 0.15) is 21.5 Å². The second-order valence-corrected chi connectivity index (χ2v) is 5.82. The molecule has 126 valence electrons. The molecule has 0 aliphatic carbocycles. The van der Waals surface area contributed by atoms with E-state index in [0.717, 1.165) is 22.3 Å². The molecule has 1 heterocycles. The van der Waals surface area contributed by atoms with Crippen LogP contribution in [0.15, 0.2) is 54.9 Å². The Hall–Kier alpha value is -3.21. The summed E-state index contributed by atoms with van der Waals surface area (Å²) in [5, 5.41) is 12.9. The van der Waals surface area contributed by atoms with Gasteiger partial charge in [-0.1, -0.05) is 0 Å². The van der Waals surface area contributed by atoms with Gasteiger partial charge in [0, 0.05) is 29.7 Å². The van der Waals surface area contributed by atoms with Gasteiger partial charge in [0.1, 0.15) is 11.6 Å². The SMILES string of the molecule is Cc1cnccc1-c1cc(O)cc(NC(=O)c2ccc(F)cc2)c1C. The Morgan fingerprint density at radius 2 is 1.80 bits per heavy atom. The standard InChI is InChI=1S/C20H17FN2O2/c1-12-11-22-8-7-17(12)18-9-16(24)10-19(13(18)2)23-20(25)14-3-5-15(21)6-4-14/h3-11,24H,1-2H3,(H,23,25). The lowest BCUT2D eigenvalue weighted by Crippen LogP contribution is -2.13. The van der Waals surface area contributed by atoms with E-state index in [0.29, 0.717) is 11.3 Å². The van der Waals surface area contributed by atoms with Crippen molar-refractivity contribution in [3.8, 4) is 16.9 Å². The highest BCUT2D eigenvalue weighted by molar-refractivity contribution is 6.05. The smallest absolute Gasteiger partial charge is 0.255 e. The number of carbonyl (C=O) groups is 1. The first-order valence-corrected chi connectivity index (χ1v) is 7.77. The van der Waals surface area contributed by atoms with Crippen molar-refractivity contribution in [3.63, 3.8) is 0 Å². The second-order valence-electron chi connectivity index (χ2n) is 5.82. The molecule has 0 bridgehead atoms. The normalized spacial score (nSPS) is 10.5. The predicted octanol–water partition coefficient (Wildman–Crippen LogP) is 4.46. The Morgan fingerprint density at radius 1 is 1.08 bits per heavy atom. The zero-order valence-corrected chi connectivity index (χ0v) is 13.9. The minimum absolute atomic E-state index is 0.0474. The van der Waals surface area contributed by atoms with E-state index in [9.17, 15) is 14.3 Å². The summed E-state index contributed by atoms with van der Waals surface area (Å²) >= 11 is 0. The van der Waals surface area contributed by atoms with Gasteiger partial charge in [0.15, 0.2) is 0 Å². The molecular weight excluding hydrogens is 319 g/mol. The van der Waals surface area contributed by atoms with Gasteiger partial charge < -0.3 is 10.4 Å². The molecule has 2 aromatic carbocycles. The minimum Gasteiger partial charge on any atom is -0.508 e. The molecule has 0 unspecified atom stereocenters. The zero-order valence-electron chi connectivity index (χ0n) is 13.9. The van der Waals surface area contributed by atoms with Crippen molar-refractivity contribution in [3.05, 3.63) is 77.4 Å². The van der Waals surface area contributed by atoms with Crippen molar-refractivity contribution in [1.29, 1.82) is 0 Å². The number of hydrogen-bond acceptors (Lipinski definition) is 3. The van der Waals surface area contributed by atoms with Crippen molar-refractivity contribution < 1.29 is 14.3 Å². The van der Waals surface area contributed by atoms with Gasteiger partial charge in [0.05, 0.1) is 0 Å². The topological polar surface area (TPSA) is 62.2 Å². The highest BCUT2D eigenvalue weighted by Gasteiger charge is 2.14. The van der Waals surface area contributed by atoms with Crippen LogP contribution in [-0.4, -0.2) is 16.0 Å². The molecule has 0 aliphatic heterocycles. The molecular formula is C20H17FN2O2. The summed E-state index contributed by atoms with van der Waals surface area (Å²) in [6.45, 7) is 3.80. The van der Waals surface area contributed by atoms with Crippen LogP contribution in [0, 0.1) is 19.7 Å². The van der Waals surface area contributed by atoms with Crippen molar-refractivity contribution in [1.82, 2.24) is 4.98 Å². The van der Waals surface area contributed by atoms with Crippen molar-refractivity contribution in [2.75, 3.05) is 5.32 Å². The van der Waals surface area contributed by atoms with Gasteiger partial charge in [-0.05, 0) is 72.5 Å². The Balaban J connectivity index is 1.99. The second kappa shape index (κ2) is 6.73. The van der Waals surface area contributed by atoms with E-state index in [2.05, 4.69) is 10.3 Å². The summed E-state index contributed by atoms with van der Waals surface area (Å²) in [6.07, 6.45) is 3.43. The molecule has 0 saturated carbocycles. The summed E-state index contributed by atoms with van der Waals surface area (Å²) in [7, 11) is 0. The Morgan fingerprint density at radius 3 is 2.48 bits per heavy atom. The van der Waals surface area contributed by atoms with E-state index in [-0.39, 0.29) is 11.7 Å². The van der Waals surface area contributed by atoms with Crippen LogP contribution in [0.3, 0.4) is 0 Å². The fourth-order valence-corrected chi connectivity index (χ4v) is 2.68. The van der Waals surface area contributed by atoms with Crippen LogP contribution in [-0.2, 0) is 0 Å². The third-order valence-corrected chi connectivity index (χ3v) is 4.06. The number of aromatic hydroxyl groups is 1. The van der Waals surface area contributed by atoms with E-state index in [1.54, 1.807) is 18.5 Å². The van der Waals surface area contributed by atoms with Gasteiger partial charge in [-0.15, -0.1) is 0 Å². The number of nitrogens with one attached hydrogen (secondary N) is 1. The van der Waals surface area contributed by atoms with E-state index in [4.69, 9.17) is 0 Å². The first kappa shape index (κ1) is 16.6. The third-order valence-electron chi connectivity index (χ3n) is 4.06. The number of aryl methyl sites for hydroxylation is 1. The molecule has 2 N–H and O–H groups in total. The van der Waals surface area contributed by atoms with Crippen LogP contribution in [0.25, 0.3) is 11.1 Å². The largest absolute Gasteiger partial charge is 0.508 e. The number of rotatable bonds is 3. The van der Waals surface area contributed by atoms with E-state index >= 15 is 0 Å². The number of benzene rings is 2. The maximum Gasteiger partial charge on any atom is 0.255 e. The summed E-state index contributed by atoms with van der Waals surface area (Å²) < 4.78 is 13.0. The molecule has 25 heavy (non-hydrogen) atoms. The third kappa shape index (κ3) is 3.50. The van der Waals surface area contributed by atoms with Gasteiger partial charge in [-0.25, -0.2) is 4.39 Å². The average molecular weight is 336 g/mol. The Bertz CT molecular complexity index is 937. The number of nitrogens with zero attached hydrogens (tertiary/aromatic N) is 1. The lowest BCUT2D eigenvalue weighted by molar-refractivity contribution is 0.102. The summed E-state index contributed by atoms with van der Waals surface area (Å²) in [6, 6.07) is 10.3. The number of hydrogen-bond donors (Lipinski definition) is 2. The first-order valence-electron chi connectivity index (χ1n) is 7.77. The highest BCUT2D eigenvalue weighted by atomic mass is 19.1. The molecule has 4 nitrogen and oxygen atoms in total. The lowest BCUT2D eigenvalue weighted by Gasteiger charge is -2.15. The van der Waals surface area contributed by atoms with Gasteiger partial charge in [-0.3, -0.25) is 9.78 Å². The quantitative estimate of drug-likeness (QED) is 0.742. The van der Waals surface area contributed by atoms with Crippen molar-refractivity contribution in [2.45, 2.75) is 13.8 Å². The number of halogens is 1. The summed E-state index contributed by atoms with van der Waals surface area (Å²) in [5.41, 5.74) is 4.37. The highest BCUT2D eigenvalue weighted by Crippen LogP contribution is 2.34. The Labute approximate surface area is 145 Å². The maximum atomic E-state index is 13.0. The summed E-state index contributed by atoms with van der Waals surface area (Å²) in [4.78, 5) is 16.5. The number of amides is 1. The molecule has 0 atom stereocenters. The molecule has 3 rings (SSSR count). The predicted molar refractivity (Wildman–Crippen MR) is 95.2 cm³/mol. The minimum atomic E-state index is -0.402. The van der Waals surface area contributed by atoms with E-state index < -0.39 is 5.82 Å². The van der Waals surface area contributed by atoms with Gasteiger partial charge >= 0.3 is 0 Å². The van der Waals surface area contributed by atoms with Gasteiger partial charge in [-0.2, -0.15) is 0 Å². The van der Waals surface area contributed by atoms with Crippen LogP contribution in [0.5, 0.6) is 5.75 Å². The number of anilines is 1. The molecule has 0 aliphatic rings. The van der Waals surface area contributed by atoms with Crippen LogP contribution in [0.2, 0.25) is 0 Å². The van der Waals surface area contributed by atoms with Crippen LogP contribution in [0.4, 0.5) is 10.1 Å². The Kier molecular flexibility index (Phi) is 4.48. The maximum absolute atomic E-state index is 13.0. The molecule has 0 spiro atoms. The monoisotopic (exact) mass is 336 g/mol. The van der Waals surface area contributed by atoms with E-state index in [1.807, 2.05) is 19.9 Å². The number of pyridine rings is 1. The first-order chi connectivity index (χ1) is 12.0. The molecule has 0 radical (unpaired) electrons. The van der Waals surface area contributed by atoms with Crippen molar-refractivity contribution >= 4 is 11.6 Å². The molecule has 5 heteroatoms. The fourth-order valence-electron chi connectivity index (χ4n) is 2.68. The summed E-state index contributed by atoms with van der Waals surface area (Å²) in [5.74, 6) is -0.724. The number of phenols is 1. The zero-order chi connectivity index (χ0) is 18.0. The lowest BCUT2D eigenvalue weighted by atomic mass is 9.96. The number of carbonyl (C=O) groups excluding carboxylic acids is 1. The molecule has 1 amide bonds. The van der Waals surface area contributed by atoms with Gasteiger partial charge in [0.2, 0.25) is 0 Å².